The summed E-state index contributed by atoms with van der Waals surface area (Å²) >= 11 is 1.96. The topological polar surface area (TPSA) is 3.24 Å². The van der Waals surface area contributed by atoms with Gasteiger partial charge in [0.1, 0.15) is 0 Å². The molecule has 1 aromatic heterocycles. The van der Waals surface area contributed by atoms with Crippen molar-refractivity contribution < 1.29 is 0 Å². The van der Waals surface area contributed by atoms with Crippen LogP contribution in [0.15, 0.2) is 30.3 Å². The van der Waals surface area contributed by atoms with Gasteiger partial charge in [0.2, 0.25) is 0 Å². The molecule has 2 rings (SSSR count). The van der Waals surface area contributed by atoms with E-state index in [2.05, 4.69) is 76.9 Å². The summed E-state index contributed by atoms with van der Waals surface area (Å²) < 4.78 is 0. The minimum absolute atomic E-state index is 0.224. The summed E-state index contributed by atoms with van der Waals surface area (Å²) in [6.45, 7) is 13.5. The molecule has 1 heterocycles. The first kappa shape index (κ1) is 17.2. The summed E-state index contributed by atoms with van der Waals surface area (Å²) in [6.07, 6.45) is 1.20. The van der Waals surface area contributed by atoms with E-state index in [0.29, 0.717) is 0 Å². The van der Waals surface area contributed by atoms with Crippen molar-refractivity contribution in [3.05, 3.63) is 46.3 Å². The molecule has 0 saturated heterocycles. The number of hydrogen-bond donors (Lipinski definition) is 0. The van der Waals surface area contributed by atoms with E-state index in [1.54, 1.807) is 0 Å². The van der Waals surface area contributed by atoms with Crippen LogP contribution in [0.4, 0.5) is 0 Å². The number of rotatable bonds is 5. The lowest BCUT2D eigenvalue weighted by Gasteiger charge is -2.18. The average molecular weight is 316 g/mol. The van der Waals surface area contributed by atoms with Crippen molar-refractivity contribution >= 4 is 11.3 Å². The molecule has 0 spiro atoms. The minimum atomic E-state index is 0.224. The van der Waals surface area contributed by atoms with E-state index < -0.39 is 0 Å². The van der Waals surface area contributed by atoms with Gasteiger partial charge in [-0.15, -0.1) is 11.3 Å². The predicted octanol–water partition coefficient (Wildman–Crippen LogP) is 5.86. The van der Waals surface area contributed by atoms with E-state index in [0.717, 1.165) is 13.1 Å². The van der Waals surface area contributed by atoms with Gasteiger partial charge in [0.15, 0.2) is 0 Å². The Morgan fingerprint density at radius 3 is 2.41 bits per heavy atom. The number of aryl methyl sites for hydroxylation is 1. The summed E-state index contributed by atoms with van der Waals surface area (Å²) in [6, 6.07) is 11.2. The van der Waals surface area contributed by atoms with Crippen LogP contribution in [-0.4, -0.2) is 18.5 Å². The molecule has 0 fully saturated rings. The number of benzene rings is 1. The van der Waals surface area contributed by atoms with Crippen LogP contribution < -0.4 is 0 Å². The molecular weight excluding hydrogens is 286 g/mol. The summed E-state index contributed by atoms with van der Waals surface area (Å²) in [4.78, 5) is 5.31. The molecule has 0 radical (unpaired) electrons. The van der Waals surface area contributed by atoms with Gasteiger partial charge in [0.05, 0.1) is 0 Å². The number of hydrogen-bond acceptors (Lipinski definition) is 2. The molecule has 0 atom stereocenters. The van der Waals surface area contributed by atoms with Gasteiger partial charge in [-0.1, -0.05) is 52.0 Å². The van der Waals surface area contributed by atoms with E-state index in [-0.39, 0.29) is 5.41 Å². The molecule has 0 aliphatic carbocycles. The summed E-state index contributed by atoms with van der Waals surface area (Å²) in [7, 11) is 2.21. The van der Waals surface area contributed by atoms with Crippen LogP contribution in [0.3, 0.4) is 0 Å². The van der Waals surface area contributed by atoms with Gasteiger partial charge in [0.25, 0.3) is 0 Å². The molecule has 2 heteroatoms. The first-order chi connectivity index (χ1) is 10.3. The molecule has 2 aromatic rings. The number of thiophene rings is 1. The van der Waals surface area contributed by atoms with Gasteiger partial charge in [0, 0.05) is 16.3 Å². The third kappa shape index (κ3) is 3.99. The van der Waals surface area contributed by atoms with Gasteiger partial charge in [-0.3, -0.25) is 0 Å². The van der Waals surface area contributed by atoms with Gasteiger partial charge in [-0.2, -0.15) is 0 Å². The quantitative estimate of drug-likeness (QED) is 0.667. The smallest absolute Gasteiger partial charge is 0.0378 e. The Labute approximate surface area is 140 Å². The highest BCUT2D eigenvalue weighted by Crippen LogP contribution is 2.39. The number of nitrogens with zero attached hydrogens (tertiary/aromatic N) is 1. The van der Waals surface area contributed by atoms with Crippen molar-refractivity contribution in [3.63, 3.8) is 0 Å². The molecule has 0 unspecified atom stereocenters. The normalized spacial score (nSPS) is 12.1. The minimum Gasteiger partial charge on any atom is -0.302 e. The molecule has 120 valence electrons. The van der Waals surface area contributed by atoms with Crippen LogP contribution in [0.5, 0.6) is 0 Å². The molecule has 0 amide bonds. The Morgan fingerprint density at radius 2 is 1.82 bits per heavy atom. The van der Waals surface area contributed by atoms with Crippen LogP contribution >= 0.6 is 11.3 Å². The molecule has 0 N–H and O–H groups in total. The highest BCUT2D eigenvalue weighted by atomic mass is 32.1. The van der Waals surface area contributed by atoms with E-state index in [1.807, 2.05) is 11.3 Å². The van der Waals surface area contributed by atoms with Gasteiger partial charge < -0.3 is 4.90 Å². The Kier molecular flexibility index (Phi) is 5.46. The van der Waals surface area contributed by atoms with Crippen molar-refractivity contribution in [1.82, 2.24) is 4.90 Å². The second-order valence-electron chi connectivity index (χ2n) is 7.27. The average Bonchev–Trinajstić information content (AvgIpc) is 2.81. The van der Waals surface area contributed by atoms with Crippen molar-refractivity contribution in [2.45, 2.75) is 53.0 Å². The van der Waals surface area contributed by atoms with Gasteiger partial charge in [-0.05, 0) is 55.1 Å². The SMILES string of the molecule is CCCN(C)Cc1ccccc1-c1sc(C(C)(C)C)cc1C. The third-order valence-electron chi connectivity index (χ3n) is 3.96. The zero-order chi connectivity index (χ0) is 16.3. The maximum atomic E-state index is 2.41. The first-order valence-electron chi connectivity index (χ1n) is 8.20. The largest absolute Gasteiger partial charge is 0.302 e. The highest BCUT2D eigenvalue weighted by molar-refractivity contribution is 7.15. The van der Waals surface area contributed by atoms with Gasteiger partial charge in [-0.25, -0.2) is 0 Å². The fourth-order valence-electron chi connectivity index (χ4n) is 2.75. The lowest BCUT2D eigenvalue weighted by molar-refractivity contribution is 0.328. The highest BCUT2D eigenvalue weighted by Gasteiger charge is 2.20. The van der Waals surface area contributed by atoms with Crippen molar-refractivity contribution in [3.8, 4) is 10.4 Å². The Morgan fingerprint density at radius 1 is 1.14 bits per heavy atom. The van der Waals surface area contributed by atoms with Crippen LogP contribution in [0.25, 0.3) is 10.4 Å². The van der Waals surface area contributed by atoms with Crippen LogP contribution in [-0.2, 0) is 12.0 Å². The fourth-order valence-corrected chi connectivity index (χ4v) is 4.04. The molecule has 1 nitrogen and oxygen atoms in total. The summed E-state index contributed by atoms with van der Waals surface area (Å²) in [5.41, 5.74) is 4.47. The lowest BCUT2D eigenvalue weighted by Crippen LogP contribution is -2.18. The molecule has 0 saturated carbocycles. The Hall–Kier alpha value is -1.12. The molecular formula is C20H29NS. The second-order valence-corrected chi connectivity index (χ2v) is 8.32. The standard InChI is InChI=1S/C20H29NS/c1-7-12-21(6)14-16-10-8-9-11-17(16)19-15(2)13-18(22-19)20(3,4)5/h8-11,13H,7,12,14H2,1-6H3. The monoisotopic (exact) mass is 315 g/mol. The Bertz CT molecular complexity index is 619. The molecule has 0 aliphatic rings. The summed E-state index contributed by atoms with van der Waals surface area (Å²) in [5.74, 6) is 0. The maximum Gasteiger partial charge on any atom is 0.0378 e. The van der Waals surface area contributed by atoms with Crippen molar-refractivity contribution in [2.24, 2.45) is 0 Å². The molecule has 22 heavy (non-hydrogen) atoms. The summed E-state index contributed by atoms with van der Waals surface area (Å²) in [5, 5.41) is 0. The maximum absolute atomic E-state index is 2.41. The van der Waals surface area contributed by atoms with Crippen LogP contribution in [0.1, 0.15) is 50.1 Å². The molecule has 0 aliphatic heterocycles. The third-order valence-corrected chi connectivity index (χ3v) is 5.66. The van der Waals surface area contributed by atoms with E-state index in [4.69, 9.17) is 0 Å². The van der Waals surface area contributed by atoms with E-state index in [9.17, 15) is 0 Å². The van der Waals surface area contributed by atoms with Crippen molar-refractivity contribution in [1.29, 1.82) is 0 Å². The van der Waals surface area contributed by atoms with Crippen LogP contribution in [0.2, 0.25) is 0 Å². The fraction of sp³-hybridized carbons (Fsp3) is 0.500. The molecule has 0 bridgehead atoms. The zero-order valence-electron chi connectivity index (χ0n) is 14.9. The lowest BCUT2D eigenvalue weighted by atomic mass is 9.94. The first-order valence-corrected chi connectivity index (χ1v) is 9.02. The second kappa shape index (κ2) is 6.97. The molecule has 1 aromatic carbocycles. The Balaban J connectivity index is 2.39. The predicted molar refractivity (Wildman–Crippen MR) is 99.8 cm³/mol. The van der Waals surface area contributed by atoms with Crippen LogP contribution in [0, 0.1) is 6.92 Å². The zero-order valence-corrected chi connectivity index (χ0v) is 15.7. The van der Waals surface area contributed by atoms with E-state index >= 15 is 0 Å². The van der Waals surface area contributed by atoms with Gasteiger partial charge >= 0.3 is 0 Å². The van der Waals surface area contributed by atoms with E-state index in [1.165, 1.54) is 32.9 Å². The van der Waals surface area contributed by atoms with Crippen molar-refractivity contribution in [2.75, 3.05) is 13.6 Å².